The van der Waals surface area contributed by atoms with E-state index < -0.39 is 0 Å². The fourth-order valence-electron chi connectivity index (χ4n) is 2.09. The molecule has 2 aromatic rings. The van der Waals surface area contributed by atoms with Gasteiger partial charge in [0.15, 0.2) is 0 Å². The maximum absolute atomic E-state index is 13.0. The van der Waals surface area contributed by atoms with Crippen molar-refractivity contribution in [1.82, 2.24) is 5.32 Å². The summed E-state index contributed by atoms with van der Waals surface area (Å²) in [6.07, 6.45) is 1.96. The topological polar surface area (TPSA) is 32.3 Å². The van der Waals surface area contributed by atoms with Gasteiger partial charge in [-0.25, -0.2) is 4.39 Å². The molecule has 2 nitrogen and oxygen atoms in total. The largest absolute Gasteiger partial charge is 0.508 e. The average molecular weight is 273 g/mol. The molecular formula is C17H20FNO. The molecule has 0 unspecified atom stereocenters. The van der Waals surface area contributed by atoms with Crippen molar-refractivity contribution >= 4 is 0 Å². The van der Waals surface area contributed by atoms with E-state index in [1.807, 2.05) is 18.2 Å². The van der Waals surface area contributed by atoms with Crippen LogP contribution in [0.2, 0.25) is 0 Å². The average Bonchev–Trinajstić information content (AvgIpc) is 2.45. The van der Waals surface area contributed by atoms with Crippen LogP contribution >= 0.6 is 0 Å². The first-order valence-electron chi connectivity index (χ1n) is 6.89. The van der Waals surface area contributed by atoms with Crippen molar-refractivity contribution in [2.45, 2.75) is 32.4 Å². The molecule has 0 aliphatic heterocycles. The van der Waals surface area contributed by atoms with Crippen LogP contribution in [0.25, 0.3) is 0 Å². The van der Waals surface area contributed by atoms with E-state index in [1.165, 1.54) is 11.6 Å². The first kappa shape index (κ1) is 14.5. The standard InChI is InChI=1S/C17H20FNO/c1-13(5-6-14-7-9-17(20)10-8-14)19-12-15-3-2-4-16(18)11-15/h2-4,7-11,13,19-20H,5-6,12H2,1H3/t13-/m0/s1. The SMILES string of the molecule is C[C@@H](CCc1ccc(O)cc1)NCc1cccc(F)c1. The van der Waals surface area contributed by atoms with Crippen molar-refractivity contribution < 1.29 is 9.50 Å². The molecule has 0 saturated heterocycles. The molecule has 0 aliphatic rings. The molecule has 2 N–H and O–H groups in total. The van der Waals surface area contributed by atoms with Crippen LogP contribution in [-0.2, 0) is 13.0 Å². The molecule has 0 aromatic heterocycles. The lowest BCUT2D eigenvalue weighted by Crippen LogP contribution is -2.26. The van der Waals surface area contributed by atoms with Crippen LogP contribution in [0.4, 0.5) is 4.39 Å². The first-order chi connectivity index (χ1) is 9.63. The van der Waals surface area contributed by atoms with Gasteiger partial charge in [-0.15, -0.1) is 0 Å². The zero-order chi connectivity index (χ0) is 14.4. The van der Waals surface area contributed by atoms with Gasteiger partial charge in [-0.3, -0.25) is 0 Å². The van der Waals surface area contributed by atoms with Crippen LogP contribution < -0.4 is 5.32 Å². The van der Waals surface area contributed by atoms with Crippen molar-refractivity contribution in [2.24, 2.45) is 0 Å². The Balaban J connectivity index is 1.75. The molecular weight excluding hydrogens is 253 g/mol. The Morgan fingerprint density at radius 1 is 1.10 bits per heavy atom. The number of halogens is 1. The maximum atomic E-state index is 13.0. The normalized spacial score (nSPS) is 12.3. The predicted molar refractivity (Wildman–Crippen MR) is 79.1 cm³/mol. The predicted octanol–water partition coefficient (Wildman–Crippen LogP) is 3.64. The molecule has 1 atom stereocenters. The molecule has 0 fully saturated rings. The van der Waals surface area contributed by atoms with E-state index in [0.29, 0.717) is 18.3 Å². The van der Waals surface area contributed by atoms with E-state index in [1.54, 1.807) is 24.3 Å². The van der Waals surface area contributed by atoms with Crippen LogP contribution in [-0.4, -0.2) is 11.1 Å². The Bertz CT molecular complexity index is 539. The second kappa shape index (κ2) is 7.06. The number of hydrogen-bond donors (Lipinski definition) is 2. The van der Waals surface area contributed by atoms with Gasteiger partial charge in [-0.05, 0) is 55.2 Å². The molecule has 0 saturated carbocycles. The Hall–Kier alpha value is -1.87. The summed E-state index contributed by atoms with van der Waals surface area (Å²) in [6.45, 7) is 2.80. The van der Waals surface area contributed by atoms with Gasteiger partial charge in [0.1, 0.15) is 11.6 Å². The van der Waals surface area contributed by atoms with Gasteiger partial charge in [0.2, 0.25) is 0 Å². The lowest BCUT2D eigenvalue weighted by Gasteiger charge is -2.14. The summed E-state index contributed by atoms with van der Waals surface area (Å²) in [5.41, 5.74) is 2.17. The smallest absolute Gasteiger partial charge is 0.123 e. The molecule has 20 heavy (non-hydrogen) atoms. The second-order valence-electron chi connectivity index (χ2n) is 5.12. The highest BCUT2D eigenvalue weighted by Crippen LogP contribution is 2.12. The summed E-state index contributed by atoms with van der Waals surface area (Å²) >= 11 is 0. The van der Waals surface area contributed by atoms with Crippen molar-refractivity contribution in [3.63, 3.8) is 0 Å². The molecule has 0 heterocycles. The van der Waals surface area contributed by atoms with E-state index in [4.69, 9.17) is 0 Å². The molecule has 106 valence electrons. The van der Waals surface area contributed by atoms with E-state index >= 15 is 0 Å². The van der Waals surface area contributed by atoms with Gasteiger partial charge in [-0.1, -0.05) is 24.3 Å². The van der Waals surface area contributed by atoms with Gasteiger partial charge in [0.05, 0.1) is 0 Å². The summed E-state index contributed by atoms with van der Waals surface area (Å²) in [5.74, 6) is 0.104. The number of aromatic hydroxyl groups is 1. The molecule has 0 spiro atoms. The van der Waals surface area contributed by atoms with Crippen LogP contribution in [0.3, 0.4) is 0 Å². The highest BCUT2D eigenvalue weighted by atomic mass is 19.1. The molecule has 2 aromatic carbocycles. The van der Waals surface area contributed by atoms with Gasteiger partial charge >= 0.3 is 0 Å². The van der Waals surface area contributed by atoms with Gasteiger partial charge in [0.25, 0.3) is 0 Å². The number of nitrogens with one attached hydrogen (secondary N) is 1. The Morgan fingerprint density at radius 2 is 1.85 bits per heavy atom. The summed E-state index contributed by atoms with van der Waals surface area (Å²) in [6, 6.07) is 14.3. The minimum Gasteiger partial charge on any atom is -0.508 e. The van der Waals surface area contributed by atoms with E-state index in [0.717, 1.165) is 18.4 Å². The molecule has 0 bridgehead atoms. The maximum Gasteiger partial charge on any atom is 0.123 e. The Morgan fingerprint density at radius 3 is 2.55 bits per heavy atom. The van der Waals surface area contributed by atoms with E-state index in [-0.39, 0.29) is 5.82 Å². The first-order valence-corrected chi connectivity index (χ1v) is 6.89. The zero-order valence-electron chi connectivity index (χ0n) is 11.6. The van der Waals surface area contributed by atoms with E-state index in [9.17, 15) is 9.50 Å². The Kier molecular flexibility index (Phi) is 5.13. The fourth-order valence-corrected chi connectivity index (χ4v) is 2.09. The van der Waals surface area contributed by atoms with E-state index in [2.05, 4.69) is 12.2 Å². The van der Waals surface area contributed by atoms with Crippen molar-refractivity contribution in [3.8, 4) is 5.75 Å². The molecule has 0 radical (unpaired) electrons. The summed E-state index contributed by atoms with van der Waals surface area (Å²) in [7, 11) is 0. The van der Waals surface area contributed by atoms with Crippen molar-refractivity contribution in [1.29, 1.82) is 0 Å². The summed E-state index contributed by atoms with van der Waals surface area (Å²) in [5, 5.41) is 12.6. The number of rotatable bonds is 6. The number of hydrogen-bond acceptors (Lipinski definition) is 2. The third-order valence-corrected chi connectivity index (χ3v) is 3.35. The summed E-state index contributed by atoms with van der Waals surface area (Å²) in [4.78, 5) is 0. The monoisotopic (exact) mass is 273 g/mol. The van der Waals surface area contributed by atoms with Crippen LogP contribution in [0.5, 0.6) is 5.75 Å². The third kappa shape index (κ3) is 4.67. The number of phenolic OH excluding ortho intramolecular Hbond substituents is 1. The minimum absolute atomic E-state index is 0.193. The zero-order valence-corrected chi connectivity index (χ0v) is 11.6. The highest BCUT2D eigenvalue weighted by molar-refractivity contribution is 5.26. The molecule has 2 rings (SSSR count). The number of benzene rings is 2. The quantitative estimate of drug-likeness (QED) is 0.842. The van der Waals surface area contributed by atoms with Gasteiger partial charge in [-0.2, -0.15) is 0 Å². The number of aryl methyl sites for hydroxylation is 1. The molecule has 0 aliphatic carbocycles. The van der Waals surface area contributed by atoms with Gasteiger partial charge < -0.3 is 10.4 Å². The van der Waals surface area contributed by atoms with Gasteiger partial charge in [0, 0.05) is 12.6 Å². The lowest BCUT2D eigenvalue weighted by atomic mass is 10.1. The molecule has 0 amide bonds. The third-order valence-electron chi connectivity index (χ3n) is 3.35. The van der Waals surface area contributed by atoms with Crippen molar-refractivity contribution in [3.05, 3.63) is 65.5 Å². The second-order valence-corrected chi connectivity index (χ2v) is 5.12. The minimum atomic E-state index is -0.193. The summed E-state index contributed by atoms with van der Waals surface area (Å²) < 4.78 is 13.0. The highest BCUT2D eigenvalue weighted by Gasteiger charge is 2.03. The lowest BCUT2D eigenvalue weighted by molar-refractivity contribution is 0.474. The number of phenols is 1. The fraction of sp³-hybridized carbons (Fsp3) is 0.294. The van der Waals surface area contributed by atoms with Crippen LogP contribution in [0, 0.1) is 5.82 Å². The van der Waals surface area contributed by atoms with Crippen LogP contribution in [0.1, 0.15) is 24.5 Å². The van der Waals surface area contributed by atoms with Crippen molar-refractivity contribution in [2.75, 3.05) is 0 Å². The Labute approximate surface area is 119 Å². The molecule has 3 heteroatoms. The van der Waals surface area contributed by atoms with Crippen LogP contribution in [0.15, 0.2) is 48.5 Å².